The van der Waals surface area contributed by atoms with Crippen LogP contribution in [0.15, 0.2) is 24.3 Å². The van der Waals surface area contributed by atoms with Gasteiger partial charge in [0.2, 0.25) is 0 Å². The summed E-state index contributed by atoms with van der Waals surface area (Å²) in [6.45, 7) is 1.35. The normalized spacial score (nSPS) is 10.6. The molecule has 1 aromatic heterocycles. The van der Waals surface area contributed by atoms with Gasteiger partial charge in [-0.2, -0.15) is 4.80 Å². The number of hydrogen-bond donors (Lipinski definition) is 1. The number of ether oxygens (including phenoxy) is 1. The Hall–Kier alpha value is -1.95. The van der Waals surface area contributed by atoms with Crippen LogP contribution in [-0.2, 0) is 13.0 Å². The van der Waals surface area contributed by atoms with Crippen molar-refractivity contribution < 1.29 is 4.74 Å². The lowest BCUT2D eigenvalue weighted by molar-refractivity contribution is 0.414. The van der Waals surface area contributed by atoms with Crippen molar-refractivity contribution in [1.29, 1.82) is 0 Å². The summed E-state index contributed by atoms with van der Waals surface area (Å²) < 4.78 is 5.11. The number of rotatable bonds is 6. The molecule has 6 heteroatoms. The van der Waals surface area contributed by atoms with Gasteiger partial charge in [-0.05, 0) is 35.9 Å². The van der Waals surface area contributed by atoms with Crippen LogP contribution in [0.2, 0.25) is 0 Å². The molecule has 0 radical (unpaired) electrons. The fourth-order valence-electron chi connectivity index (χ4n) is 1.60. The topological polar surface area (TPSA) is 78.9 Å². The van der Waals surface area contributed by atoms with Gasteiger partial charge in [0.25, 0.3) is 0 Å². The van der Waals surface area contributed by atoms with Gasteiger partial charge in [-0.1, -0.05) is 12.1 Å². The van der Waals surface area contributed by atoms with E-state index in [9.17, 15) is 0 Å². The molecule has 0 saturated heterocycles. The Bertz CT molecular complexity index is 479. The second kappa shape index (κ2) is 6.11. The molecular formula is C12H17N5O. The highest BCUT2D eigenvalue weighted by atomic mass is 16.5. The Balaban J connectivity index is 1.97. The Morgan fingerprint density at radius 2 is 2.06 bits per heavy atom. The zero-order chi connectivity index (χ0) is 12.8. The van der Waals surface area contributed by atoms with Gasteiger partial charge in [-0.3, -0.25) is 0 Å². The fraction of sp³-hybridized carbons (Fsp3) is 0.417. The number of hydrogen-bond acceptors (Lipinski definition) is 5. The quantitative estimate of drug-likeness (QED) is 0.809. The molecule has 0 bridgehead atoms. The highest BCUT2D eigenvalue weighted by molar-refractivity contribution is 5.28. The summed E-state index contributed by atoms with van der Waals surface area (Å²) in [7, 11) is 1.65. The van der Waals surface area contributed by atoms with Gasteiger partial charge in [-0.15, -0.1) is 10.2 Å². The SMILES string of the molecule is COc1ccc(Cc2nnn(CCCN)n2)cc1. The first kappa shape index (κ1) is 12.5. The second-order valence-electron chi connectivity index (χ2n) is 3.97. The maximum absolute atomic E-state index is 5.43. The molecule has 0 amide bonds. The van der Waals surface area contributed by atoms with Crippen LogP contribution < -0.4 is 10.5 Å². The average molecular weight is 247 g/mol. The molecule has 2 N–H and O–H groups in total. The maximum atomic E-state index is 5.43. The lowest BCUT2D eigenvalue weighted by Crippen LogP contribution is -2.08. The van der Waals surface area contributed by atoms with E-state index in [1.54, 1.807) is 11.9 Å². The molecule has 0 aliphatic carbocycles. The van der Waals surface area contributed by atoms with Crippen molar-refractivity contribution in [1.82, 2.24) is 20.2 Å². The first-order valence-corrected chi connectivity index (χ1v) is 5.91. The van der Waals surface area contributed by atoms with Crippen LogP contribution in [0.3, 0.4) is 0 Å². The zero-order valence-corrected chi connectivity index (χ0v) is 10.4. The summed E-state index contributed by atoms with van der Waals surface area (Å²) in [6, 6.07) is 7.85. The van der Waals surface area contributed by atoms with E-state index in [4.69, 9.17) is 10.5 Å². The minimum atomic E-state index is 0.634. The third-order valence-electron chi connectivity index (χ3n) is 2.58. The van der Waals surface area contributed by atoms with Gasteiger partial charge < -0.3 is 10.5 Å². The van der Waals surface area contributed by atoms with Crippen LogP contribution in [0.1, 0.15) is 17.8 Å². The van der Waals surface area contributed by atoms with Crippen molar-refractivity contribution in [3.05, 3.63) is 35.7 Å². The predicted octanol–water partition coefficient (Wildman–Crippen LogP) is 0.621. The van der Waals surface area contributed by atoms with Gasteiger partial charge in [0, 0.05) is 6.42 Å². The van der Waals surface area contributed by atoms with Crippen LogP contribution in [0.25, 0.3) is 0 Å². The van der Waals surface area contributed by atoms with Crippen LogP contribution in [0.5, 0.6) is 5.75 Å². The lowest BCUT2D eigenvalue weighted by atomic mass is 10.1. The van der Waals surface area contributed by atoms with Crippen molar-refractivity contribution in [3.8, 4) is 5.75 Å². The predicted molar refractivity (Wildman–Crippen MR) is 67.3 cm³/mol. The van der Waals surface area contributed by atoms with Gasteiger partial charge >= 0.3 is 0 Å². The van der Waals surface area contributed by atoms with E-state index in [1.165, 1.54) is 0 Å². The summed E-state index contributed by atoms with van der Waals surface area (Å²) >= 11 is 0. The number of tetrazole rings is 1. The van der Waals surface area contributed by atoms with E-state index in [-0.39, 0.29) is 0 Å². The van der Waals surface area contributed by atoms with Gasteiger partial charge in [-0.25, -0.2) is 0 Å². The Morgan fingerprint density at radius 1 is 1.28 bits per heavy atom. The van der Waals surface area contributed by atoms with E-state index in [0.717, 1.165) is 23.6 Å². The minimum Gasteiger partial charge on any atom is -0.497 e. The van der Waals surface area contributed by atoms with Crippen LogP contribution >= 0.6 is 0 Å². The van der Waals surface area contributed by atoms with Crippen molar-refractivity contribution in [2.24, 2.45) is 5.73 Å². The lowest BCUT2D eigenvalue weighted by Gasteiger charge is -2.00. The van der Waals surface area contributed by atoms with E-state index in [0.29, 0.717) is 19.5 Å². The number of benzene rings is 1. The molecule has 0 fully saturated rings. The fourth-order valence-corrected chi connectivity index (χ4v) is 1.60. The summed E-state index contributed by atoms with van der Waals surface area (Å²) in [5, 5.41) is 12.3. The molecule has 1 heterocycles. The molecule has 18 heavy (non-hydrogen) atoms. The highest BCUT2D eigenvalue weighted by Gasteiger charge is 2.04. The second-order valence-corrected chi connectivity index (χ2v) is 3.97. The number of methoxy groups -OCH3 is 1. The van der Waals surface area contributed by atoms with Crippen LogP contribution in [0, 0.1) is 0 Å². The molecule has 0 saturated carbocycles. The molecular weight excluding hydrogens is 230 g/mol. The Kier molecular flexibility index (Phi) is 4.25. The van der Waals surface area contributed by atoms with Crippen LogP contribution in [0.4, 0.5) is 0 Å². The van der Waals surface area contributed by atoms with Gasteiger partial charge in [0.15, 0.2) is 5.82 Å². The molecule has 2 rings (SSSR count). The molecule has 0 aliphatic heterocycles. The molecule has 0 atom stereocenters. The third-order valence-corrected chi connectivity index (χ3v) is 2.58. The van der Waals surface area contributed by atoms with E-state index < -0.39 is 0 Å². The first-order valence-electron chi connectivity index (χ1n) is 5.91. The molecule has 96 valence electrons. The number of nitrogens with two attached hydrogens (primary N) is 1. The summed E-state index contributed by atoms with van der Waals surface area (Å²) in [4.78, 5) is 1.59. The van der Waals surface area contributed by atoms with Crippen molar-refractivity contribution in [2.75, 3.05) is 13.7 Å². The molecule has 2 aromatic rings. The Labute approximate surface area is 106 Å². The molecule has 6 nitrogen and oxygen atoms in total. The largest absolute Gasteiger partial charge is 0.497 e. The summed E-state index contributed by atoms with van der Waals surface area (Å²) in [6.07, 6.45) is 1.53. The number of aromatic nitrogens is 4. The number of nitrogens with zero attached hydrogens (tertiary/aromatic N) is 4. The summed E-state index contributed by atoms with van der Waals surface area (Å²) in [5.41, 5.74) is 6.57. The maximum Gasteiger partial charge on any atom is 0.179 e. The smallest absolute Gasteiger partial charge is 0.179 e. The molecule has 1 aromatic carbocycles. The highest BCUT2D eigenvalue weighted by Crippen LogP contribution is 2.12. The average Bonchev–Trinajstić information content (AvgIpc) is 2.85. The zero-order valence-electron chi connectivity index (χ0n) is 10.4. The molecule has 0 spiro atoms. The van der Waals surface area contributed by atoms with Crippen molar-refractivity contribution in [2.45, 2.75) is 19.4 Å². The Morgan fingerprint density at radius 3 is 2.72 bits per heavy atom. The van der Waals surface area contributed by atoms with E-state index in [1.807, 2.05) is 24.3 Å². The molecule has 0 unspecified atom stereocenters. The van der Waals surface area contributed by atoms with Gasteiger partial charge in [0.1, 0.15) is 5.75 Å². The van der Waals surface area contributed by atoms with Crippen molar-refractivity contribution >= 4 is 0 Å². The first-order chi connectivity index (χ1) is 8.81. The summed E-state index contributed by atoms with van der Waals surface area (Å²) in [5.74, 6) is 1.57. The van der Waals surface area contributed by atoms with E-state index >= 15 is 0 Å². The standard InChI is InChI=1S/C12H17N5O/c1-18-11-5-3-10(4-6-11)9-12-14-16-17(15-12)8-2-7-13/h3-6H,2,7-9,13H2,1H3. The van der Waals surface area contributed by atoms with Crippen LogP contribution in [-0.4, -0.2) is 33.9 Å². The van der Waals surface area contributed by atoms with E-state index in [2.05, 4.69) is 15.4 Å². The van der Waals surface area contributed by atoms with Crippen molar-refractivity contribution in [3.63, 3.8) is 0 Å². The minimum absolute atomic E-state index is 0.634. The van der Waals surface area contributed by atoms with Gasteiger partial charge in [0.05, 0.1) is 13.7 Å². The third kappa shape index (κ3) is 3.27. The molecule has 0 aliphatic rings. The number of aryl methyl sites for hydroxylation is 1. The monoisotopic (exact) mass is 247 g/mol.